The molecule has 0 aliphatic carbocycles. The number of carbonyl (C=O) groups excluding carboxylic acids is 1. The summed E-state index contributed by atoms with van der Waals surface area (Å²) in [5.74, 6) is -1.60. The lowest BCUT2D eigenvalue weighted by atomic mass is 10.1. The minimum atomic E-state index is -4.71. The molecule has 0 bridgehead atoms. The van der Waals surface area contributed by atoms with Crippen LogP contribution in [0, 0.1) is 5.82 Å². The van der Waals surface area contributed by atoms with Crippen molar-refractivity contribution in [3.05, 3.63) is 59.7 Å². The highest BCUT2D eigenvalue weighted by Crippen LogP contribution is 2.32. The molecular formula is C19H14F4N4OS. The highest BCUT2D eigenvalue weighted by Gasteiger charge is 2.38. The first kappa shape index (κ1) is 19.4. The fraction of sp³-hybridized carbons (Fsp3) is 0.211. The van der Waals surface area contributed by atoms with Gasteiger partial charge in [0.2, 0.25) is 5.82 Å². The maximum Gasteiger partial charge on any atom is 0.449 e. The van der Waals surface area contributed by atoms with Gasteiger partial charge >= 0.3 is 6.18 Å². The van der Waals surface area contributed by atoms with Gasteiger partial charge in [-0.05, 0) is 30.3 Å². The van der Waals surface area contributed by atoms with Crippen molar-refractivity contribution in [2.24, 2.45) is 5.10 Å². The molecule has 4 rings (SSSR count). The van der Waals surface area contributed by atoms with Crippen molar-refractivity contribution in [2.75, 3.05) is 5.75 Å². The van der Waals surface area contributed by atoms with Crippen molar-refractivity contribution in [1.82, 2.24) is 15.0 Å². The topological polar surface area (TPSA) is 59.3 Å². The second-order valence-electron chi connectivity index (χ2n) is 6.34. The summed E-state index contributed by atoms with van der Waals surface area (Å²) in [6.07, 6.45) is -4.20. The van der Waals surface area contributed by atoms with Crippen LogP contribution < -0.4 is 5.43 Å². The van der Waals surface area contributed by atoms with Crippen LogP contribution >= 0.6 is 11.8 Å². The van der Waals surface area contributed by atoms with Crippen molar-refractivity contribution in [2.45, 2.75) is 24.0 Å². The number of aromatic nitrogens is 2. The van der Waals surface area contributed by atoms with Gasteiger partial charge in [0.15, 0.2) is 0 Å². The number of thioether (sulfide) groups is 1. The van der Waals surface area contributed by atoms with Crippen molar-refractivity contribution in [3.8, 4) is 0 Å². The molecule has 0 atom stereocenters. The predicted molar refractivity (Wildman–Crippen MR) is 101 cm³/mol. The maximum absolute atomic E-state index is 13.6. The zero-order valence-electron chi connectivity index (χ0n) is 14.8. The lowest BCUT2D eigenvalue weighted by Gasteiger charge is -2.17. The minimum Gasteiger partial charge on any atom is -0.311 e. The van der Waals surface area contributed by atoms with Gasteiger partial charge < -0.3 is 4.57 Å². The average molecular weight is 422 g/mol. The third-order valence-corrected chi connectivity index (χ3v) is 5.45. The fourth-order valence-corrected chi connectivity index (χ4v) is 4.13. The number of hydrazone groups is 1. The van der Waals surface area contributed by atoms with E-state index in [4.69, 9.17) is 0 Å². The Morgan fingerprint density at radius 3 is 2.83 bits per heavy atom. The molecule has 1 aromatic heterocycles. The second kappa shape index (κ2) is 7.51. The largest absolute Gasteiger partial charge is 0.449 e. The number of para-hydroxylation sites is 2. The van der Waals surface area contributed by atoms with Gasteiger partial charge in [0, 0.05) is 22.6 Å². The standard InChI is InChI=1S/C19H14F4N4OS/c20-11-5-6-16-12(9-11)13(7-8-29-16)25-26-17(28)10-27-15-4-2-1-3-14(15)24-18(27)19(21,22)23/h1-6,9H,7-8,10H2,(H,26,28)/b25-13+. The average Bonchev–Trinajstić information content (AvgIpc) is 3.05. The number of alkyl halides is 3. The first-order valence-electron chi connectivity index (χ1n) is 8.63. The van der Waals surface area contributed by atoms with Gasteiger partial charge in [0.1, 0.15) is 12.4 Å². The number of benzene rings is 2. The number of fused-ring (bicyclic) bond motifs is 2. The van der Waals surface area contributed by atoms with E-state index < -0.39 is 30.3 Å². The molecule has 150 valence electrons. The summed E-state index contributed by atoms with van der Waals surface area (Å²) >= 11 is 1.55. The van der Waals surface area contributed by atoms with E-state index in [2.05, 4.69) is 15.5 Å². The van der Waals surface area contributed by atoms with E-state index in [9.17, 15) is 22.4 Å². The number of halogens is 4. The molecule has 0 spiro atoms. The number of hydrogen-bond acceptors (Lipinski definition) is 4. The molecule has 0 radical (unpaired) electrons. The normalized spacial score (nSPS) is 15.5. The third kappa shape index (κ3) is 3.98. The number of nitrogens with one attached hydrogen (secondary N) is 1. The van der Waals surface area contributed by atoms with Gasteiger partial charge in [0.05, 0.1) is 16.7 Å². The Hall–Kier alpha value is -2.88. The Kier molecular flexibility index (Phi) is 5.03. The fourth-order valence-electron chi connectivity index (χ4n) is 3.12. The van der Waals surface area contributed by atoms with Gasteiger partial charge in [-0.2, -0.15) is 18.3 Å². The summed E-state index contributed by atoms with van der Waals surface area (Å²) in [6.45, 7) is -0.600. The second-order valence-corrected chi connectivity index (χ2v) is 7.48. The molecule has 2 heterocycles. The van der Waals surface area contributed by atoms with Gasteiger partial charge in [-0.25, -0.2) is 14.8 Å². The summed E-state index contributed by atoms with van der Waals surface area (Å²) in [5, 5.41) is 4.04. The minimum absolute atomic E-state index is 0.146. The lowest BCUT2D eigenvalue weighted by molar-refractivity contribution is -0.147. The van der Waals surface area contributed by atoms with Crippen LogP contribution in [0.25, 0.3) is 11.0 Å². The van der Waals surface area contributed by atoms with Crippen LogP contribution in [0.5, 0.6) is 0 Å². The molecule has 0 saturated carbocycles. The smallest absolute Gasteiger partial charge is 0.311 e. The monoisotopic (exact) mass is 422 g/mol. The van der Waals surface area contributed by atoms with Crippen LogP contribution in [-0.4, -0.2) is 26.9 Å². The van der Waals surface area contributed by atoms with Crippen molar-refractivity contribution in [1.29, 1.82) is 0 Å². The van der Waals surface area contributed by atoms with Crippen LogP contribution in [-0.2, 0) is 17.5 Å². The zero-order chi connectivity index (χ0) is 20.6. The van der Waals surface area contributed by atoms with Gasteiger partial charge in [-0.3, -0.25) is 4.79 Å². The molecule has 1 N–H and O–H groups in total. The maximum atomic E-state index is 13.6. The first-order chi connectivity index (χ1) is 13.8. The van der Waals surface area contributed by atoms with E-state index in [0.717, 1.165) is 9.46 Å². The molecule has 1 amide bonds. The number of nitrogens with zero attached hydrogens (tertiary/aromatic N) is 3. The molecule has 29 heavy (non-hydrogen) atoms. The molecule has 0 saturated heterocycles. The van der Waals surface area contributed by atoms with E-state index in [1.807, 2.05) is 0 Å². The number of imidazole rings is 1. The van der Waals surface area contributed by atoms with Crippen LogP contribution in [0.2, 0.25) is 0 Å². The Morgan fingerprint density at radius 1 is 1.24 bits per heavy atom. The molecule has 1 aliphatic rings. The number of carbonyl (C=O) groups is 1. The molecule has 2 aromatic carbocycles. The quantitative estimate of drug-likeness (QED) is 0.508. The van der Waals surface area contributed by atoms with Gasteiger partial charge in [0.25, 0.3) is 5.91 Å². The van der Waals surface area contributed by atoms with Crippen molar-refractivity contribution >= 4 is 34.4 Å². The highest BCUT2D eigenvalue weighted by atomic mass is 32.2. The van der Waals surface area contributed by atoms with Crippen molar-refractivity contribution in [3.63, 3.8) is 0 Å². The van der Waals surface area contributed by atoms with E-state index in [0.29, 0.717) is 23.4 Å². The highest BCUT2D eigenvalue weighted by molar-refractivity contribution is 7.99. The predicted octanol–water partition coefficient (Wildman–Crippen LogP) is 4.21. The number of amides is 1. The molecule has 10 heteroatoms. The summed E-state index contributed by atoms with van der Waals surface area (Å²) in [4.78, 5) is 16.8. The Morgan fingerprint density at radius 2 is 2.03 bits per heavy atom. The molecule has 5 nitrogen and oxygen atoms in total. The molecule has 0 unspecified atom stereocenters. The summed E-state index contributed by atoms with van der Waals surface area (Å²) < 4.78 is 54.4. The van der Waals surface area contributed by atoms with Crippen LogP contribution in [0.1, 0.15) is 17.8 Å². The lowest BCUT2D eigenvalue weighted by Crippen LogP contribution is -2.27. The van der Waals surface area contributed by atoms with Crippen LogP contribution in [0.3, 0.4) is 0 Å². The number of rotatable bonds is 3. The third-order valence-electron chi connectivity index (χ3n) is 4.37. The van der Waals surface area contributed by atoms with E-state index >= 15 is 0 Å². The Bertz CT molecular complexity index is 1120. The van der Waals surface area contributed by atoms with E-state index in [1.165, 1.54) is 24.3 Å². The number of hydrogen-bond donors (Lipinski definition) is 1. The van der Waals surface area contributed by atoms with Gasteiger partial charge in [-0.15, -0.1) is 11.8 Å². The first-order valence-corrected chi connectivity index (χ1v) is 9.62. The van der Waals surface area contributed by atoms with E-state index in [1.54, 1.807) is 30.0 Å². The zero-order valence-corrected chi connectivity index (χ0v) is 15.6. The Labute approximate surface area is 166 Å². The SMILES string of the molecule is O=C(Cn1c(C(F)(F)F)nc2ccccc21)N/N=C1\CCSc2ccc(F)cc21. The van der Waals surface area contributed by atoms with Crippen LogP contribution in [0.4, 0.5) is 17.6 Å². The summed E-state index contributed by atoms with van der Waals surface area (Å²) in [5.41, 5.74) is 3.70. The van der Waals surface area contributed by atoms with Gasteiger partial charge in [-0.1, -0.05) is 12.1 Å². The summed E-state index contributed by atoms with van der Waals surface area (Å²) in [6, 6.07) is 10.4. The summed E-state index contributed by atoms with van der Waals surface area (Å²) in [7, 11) is 0. The van der Waals surface area contributed by atoms with Crippen LogP contribution in [0.15, 0.2) is 52.5 Å². The molecule has 1 aliphatic heterocycles. The molecule has 0 fully saturated rings. The molecule has 3 aromatic rings. The molecular weight excluding hydrogens is 408 g/mol. The van der Waals surface area contributed by atoms with E-state index in [-0.39, 0.29) is 11.0 Å². The van der Waals surface area contributed by atoms with Crippen molar-refractivity contribution < 1.29 is 22.4 Å². The Balaban J connectivity index is 1.59.